The van der Waals surface area contributed by atoms with Crippen molar-refractivity contribution in [3.63, 3.8) is 0 Å². The Balaban J connectivity index is 2.39. The third-order valence-corrected chi connectivity index (χ3v) is 3.56. The van der Waals surface area contributed by atoms with Crippen molar-refractivity contribution in [3.05, 3.63) is 29.3 Å². The number of ether oxygens (including phenoxy) is 2. The van der Waals surface area contributed by atoms with Gasteiger partial charge in [0.15, 0.2) is 0 Å². The van der Waals surface area contributed by atoms with E-state index in [0.717, 1.165) is 36.1 Å². The Bertz CT molecular complexity index is 474. The highest BCUT2D eigenvalue weighted by molar-refractivity contribution is 5.44. The SMILES string of the molecule is COCc1cc(C2(N=C=O)CCC2)ccc1OC. The summed E-state index contributed by atoms with van der Waals surface area (Å²) >= 11 is 0. The van der Waals surface area contributed by atoms with Crippen molar-refractivity contribution in [2.75, 3.05) is 14.2 Å². The minimum Gasteiger partial charge on any atom is -0.496 e. The predicted octanol–water partition coefficient (Wildman–Crippen LogP) is 2.56. The molecule has 1 saturated carbocycles. The van der Waals surface area contributed by atoms with Gasteiger partial charge in [0.05, 0.1) is 19.3 Å². The van der Waals surface area contributed by atoms with E-state index in [1.807, 2.05) is 18.2 Å². The van der Waals surface area contributed by atoms with Gasteiger partial charge < -0.3 is 9.47 Å². The summed E-state index contributed by atoms with van der Waals surface area (Å²) in [7, 11) is 3.28. The minimum absolute atomic E-state index is 0.365. The van der Waals surface area contributed by atoms with E-state index in [4.69, 9.17) is 9.47 Å². The maximum atomic E-state index is 10.6. The maximum absolute atomic E-state index is 10.6. The zero-order valence-corrected chi connectivity index (χ0v) is 10.7. The second kappa shape index (κ2) is 5.34. The smallest absolute Gasteiger partial charge is 0.235 e. The number of isocyanates is 1. The van der Waals surface area contributed by atoms with Gasteiger partial charge in [-0.3, -0.25) is 0 Å². The van der Waals surface area contributed by atoms with Crippen LogP contribution in [0.3, 0.4) is 0 Å². The van der Waals surface area contributed by atoms with Crippen LogP contribution in [0.1, 0.15) is 30.4 Å². The lowest BCUT2D eigenvalue weighted by Gasteiger charge is -2.37. The summed E-state index contributed by atoms with van der Waals surface area (Å²) in [4.78, 5) is 14.6. The summed E-state index contributed by atoms with van der Waals surface area (Å²) in [5, 5.41) is 0. The van der Waals surface area contributed by atoms with Crippen LogP contribution < -0.4 is 4.74 Å². The topological polar surface area (TPSA) is 47.9 Å². The first-order chi connectivity index (χ1) is 8.75. The standard InChI is InChI=1S/C14H17NO3/c1-17-9-11-8-12(4-5-13(11)18-2)14(15-10-16)6-3-7-14/h4-5,8H,3,6-7,9H2,1-2H3. The van der Waals surface area contributed by atoms with Crippen LogP contribution in [0.2, 0.25) is 0 Å². The molecule has 4 heteroatoms. The molecule has 0 spiro atoms. The molecular formula is C14H17NO3. The van der Waals surface area contributed by atoms with Gasteiger partial charge in [-0.25, -0.2) is 4.79 Å². The fraction of sp³-hybridized carbons (Fsp3) is 0.500. The molecule has 0 saturated heterocycles. The van der Waals surface area contributed by atoms with Gasteiger partial charge in [-0.15, -0.1) is 0 Å². The lowest BCUT2D eigenvalue weighted by Crippen LogP contribution is -2.32. The van der Waals surface area contributed by atoms with Crippen LogP contribution in [0.4, 0.5) is 0 Å². The highest BCUT2D eigenvalue weighted by Crippen LogP contribution is 2.45. The lowest BCUT2D eigenvalue weighted by atomic mass is 9.72. The number of rotatable bonds is 5. The van der Waals surface area contributed by atoms with Crippen LogP contribution in [0.25, 0.3) is 0 Å². The number of aliphatic imine (C=N–C) groups is 1. The van der Waals surface area contributed by atoms with Gasteiger partial charge in [-0.1, -0.05) is 6.07 Å². The second-order valence-corrected chi connectivity index (χ2v) is 4.55. The van der Waals surface area contributed by atoms with E-state index in [0.29, 0.717) is 6.61 Å². The number of hydrogen-bond donors (Lipinski definition) is 0. The Morgan fingerprint density at radius 3 is 2.67 bits per heavy atom. The fourth-order valence-corrected chi connectivity index (χ4v) is 2.40. The zero-order chi connectivity index (χ0) is 13.0. The van der Waals surface area contributed by atoms with Crippen LogP contribution in [0.5, 0.6) is 5.75 Å². The first-order valence-electron chi connectivity index (χ1n) is 6.01. The molecule has 0 N–H and O–H groups in total. The normalized spacial score (nSPS) is 16.6. The van der Waals surface area contributed by atoms with Crippen LogP contribution >= 0.6 is 0 Å². The van der Waals surface area contributed by atoms with E-state index < -0.39 is 0 Å². The van der Waals surface area contributed by atoms with Crippen molar-refractivity contribution in [2.45, 2.75) is 31.4 Å². The third-order valence-electron chi connectivity index (χ3n) is 3.56. The highest BCUT2D eigenvalue weighted by atomic mass is 16.5. The summed E-state index contributed by atoms with van der Waals surface area (Å²) in [5.74, 6) is 0.796. The molecule has 0 aliphatic heterocycles. The van der Waals surface area contributed by atoms with Crippen molar-refractivity contribution in [3.8, 4) is 5.75 Å². The molecule has 0 radical (unpaired) electrons. The number of carbonyl (C=O) groups excluding carboxylic acids is 1. The summed E-state index contributed by atoms with van der Waals surface area (Å²) in [6.07, 6.45) is 4.60. The summed E-state index contributed by atoms with van der Waals surface area (Å²) in [6, 6.07) is 5.89. The quantitative estimate of drug-likeness (QED) is 0.593. The molecule has 0 atom stereocenters. The number of methoxy groups -OCH3 is 2. The molecule has 1 aromatic rings. The number of hydrogen-bond acceptors (Lipinski definition) is 4. The summed E-state index contributed by atoms with van der Waals surface area (Å²) in [6.45, 7) is 0.484. The molecule has 1 fully saturated rings. The monoisotopic (exact) mass is 247 g/mol. The van der Waals surface area contributed by atoms with Gasteiger partial charge in [0.2, 0.25) is 6.08 Å². The number of benzene rings is 1. The van der Waals surface area contributed by atoms with Gasteiger partial charge in [0, 0.05) is 12.7 Å². The van der Waals surface area contributed by atoms with Crippen LogP contribution in [-0.2, 0) is 21.7 Å². The average Bonchev–Trinajstić information content (AvgIpc) is 2.34. The molecule has 1 aromatic carbocycles. The van der Waals surface area contributed by atoms with Crippen molar-refractivity contribution in [2.24, 2.45) is 4.99 Å². The van der Waals surface area contributed by atoms with Gasteiger partial charge >= 0.3 is 0 Å². The second-order valence-electron chi connectivity index (χ2n) is 4.55. The number of nitrogens with zero attached hydrogens (tertiary/aromatic N) is 1. The molecule has 1 aliphatic carbocycles. The largest absolute Gasteiger partial charge is 0.496 e. The minimum atomic E-state index is -0.365. The lowest BCUT2D eigenvalue weighted by molar-refractivity contribution is 0.181. The van der Waals surface area contributed by atoms with E-state index in [2.05, 4.69) is 4.99 Å². The maximum Gasteiger partial charge on any atom is 0.235 e. The zero-order valence-electron chi connectivity index (χ0n) is 10.7. The molecular weight excluding hydrogens is 230 g/mol. The molecule has 18 heavy (non-hydrogen) atoms. The van der Waals surface area contributed by atoms with E-state index in [1.165, 1.54) is 0 Å². The van der Waals surface area contributed by atoms with E-state index >= 15 is 0 Å². The molecule has 1 aliphatic rings. The Hall–Kier alpha value is -1.64. The van der Waals surface area contributed by atoms with Gasteiger partial charge in [-0.05, 0) is 37.0 Å². The molecule has 0 heterocycles. The van der Waals surface area contributed by atoms with Crippen molar-refractivity contribution in [1.29, 1.82) is 0 Å². The van der Waals surface area contributed by atoms with Crippen molar-refractivity contribution >= 4 is 6.08 Å². The molecule has 96 valence electrons. The third kappa shape index (κ3) is 2.17. The Morgan fingerprint density at radius 1 is 1.39 bits per heavy atom. The highest BCUT2D eigenvalue weighted by Gasteiger charge is 2.39. The van der Waals surface area contributed by atoms with Crippen molar-refractivity contribution < 1.29 is 14.3 Å². The molecule has 4 nitrogen and oxygen atoms in total. The van der Waals surface area contributed by atoms with E-state index in [1.54, 1.807) is 20.3 Å². The van der Waals surface area contributed by atoms with Crippen LogP contribution in [0, 0.1) is 0 Å². The molecule has 0 unspecified atom stereocenters. The van der Waals surface area contributed by atoms with Gasteiger partial charge in [0.1, 0.15) is 5.75 Å². The Morgan fingerprint density at radius 2 is 2.17 bits per heavy atom. The first kappa shape index (κ1) is 12.8. The summed E-state index contributed by atoms with van der Waals surface area (Å²) in [5.41, 5.74) is 1.66. The van der Waals surface area contributed by atoms with Gasteiger partial charge in [0.25, 0.3) is 0 Å². The first-order valence-corrected chi connectivity index (χ1v) is 6.01. The predicted molar refractivity (Wildman–Crippen MR) is 67.4 cm³/mol. The Labute approximate surface area is 107 Å². The molecule has 0 bridgehead atoms. The van der Waals surface area contributed by atoms with E-state index in [9.17, 15) is 4.79 Å². The fourth-order valence-electron chi connectivity index (χ4n) is 2.40. The van der Waals surface area contributed by atoms with Crippen LogP contribution in [0.15, 0.2) is 23.2 Å². The molecule has 2 rings (SSSR count). The van der Waals surface area contributed by atoms with E-state index in [-0.39, 0.29) is 5.54 Å². The summed E-state index contributed by atoms with van der Waals surface area (Å²) < 4.78 is 10.5. The molecule has 0 aromatic heterocycles. The van der Waals surface area contributed by atoms with Crippen LogP contribution in [-0.4, -0.2) is 20.3 Å². The van der Waals surface area contributed by atoms with Gasteiger partial charge in [-0.2, -0.15) is 4.99 Å². The molecule has 0 amide bonds. The van der Waals surface area contributed by atoms with Crippen molar-refractivity contribution in [1.82, 2.24) is 0 Å². The Kier molecular flexibility index (Phi) is 3.80. The average molecular weight is 247 g/mol.